The molecule has 5 atom stereocenters. The highest BCUT2D eigenvalue weighted by Crippen LogP contribution is 2.62. The Kier molecular flexibility index (Phi) is 8.58. The van der Waals surface area contributed by atoms with Crippen LogP contribution in [0.5, 0.6) is 5.75 Å². The number of hydrogen-bond acceptors (Lipinski definition) is 9. The number of nitrogens with one attached hydrogen (secondary N) is 2. The molecule has 3 N–H and O–H groups in total. The first-order chi connectivity index (χ1) is 19.7. The summed E-state index contributed by atoms with van der Waals surface area (Å²) in [4.78, 5) is 39.1. The van der Waals surface area contributed by atoms with Gasteiger partial charge in [-0.2, -0.15) is 5.09 Å². The fourth-order valence-corrected chi connectivity index (χ4v) is 6.51. The van der Waals surface area contributed by atoms with Crippen molar-refractivity contribution in [2.45, 2.75) is 50.7 Å². The molecule has 41 heavy (non-hydrogen) atoms. The first kappa shape index (κ1) is 29.0. The molecular formula is C28H32N3O9P. The maximum Gasteiger partial charge on any atom is 0.459 e. The van der Waals surface area contributed by atoms with Crippen LogP contribution in [0.1, 0.15) is 31.6 Å². The highest BCUT2D eigenvalue weighted by atomic mass is 31.2. The minimum Gasteiger partial charge on any atom is -0.465 e. The molecule has 1 unspecified atom stereocenters. The highest BCUT2D eigenvalue weighted by Gasteiger charge is 2.64. The van der Waals surface area contributed by atoms with Gasteiger partial charge in [-0.1, -0.05) is 48.5 Å². The Labute approximate surface area is 235 Å². The second-order valence-electron chi connectivity index (χ2n) is 10.0. The number of hydrogen-bond donors (Lipinski definition) is 3. The average Bonchev–Trinajstić information content (AvgIpc) is 3.71. The standard InChI is InChI=1S/C28H32N3O9P/c1-2-37-25(34)21(17-19-9-5-3-6-10-19)30-41(36,40-20-11-7-4-8-12-20)38-18-22-24(33)28(14-15-28)26(39-22)31-16-13-23(32)29-27(31)35/h3-13,16,21-22,24,26,33H,2,14-15,17-18H2,1H3,(H,30,36)(H,29,32,35)/t21-,22+,24+,26+,41?/m0/s1. The van der Waals surface area contributed by atoms with Gasteiger partial charge in [0.1, 0.15) is 24.1 Å². The van der Waals surface area contributed by atoms with Crippen LogP contribution in [0, 0.1) is 5.41 Å². The number of aliphatic hydroxyl groups excluding tert-OH is 1. The quantitative estimate of drug-likeness (QED) is 0.213. The van der Waals surface area contributed by atoms with Gasteiger partial charge < -0.3 is 19.1 Å². The third-order valence-corrected chi connectivity index (χ3v) is 8.78. The molecular weight excluding hydrogens is 553 g/mol. The minimum atomic E-state index is -4.28. The average molecular weight is 586 g/mol. The van der Waals surface area contributed by atoms with Crippen molar-refractivity contribution in [3.63, 3.8) is 0 Å². The second kappa shape index (κ2) is 12.1. The second-order valence-corrected chi connectivity index (χ2v) is 11.7. The number of nitrogens with zero attached hydrogens (tertiary/aromatic N) is 1. The van der Waals surface area contributed by atoms with E-state index in [0.717, 1.165) is 5.56 Å². The largest absolute Gasteiger partial charge is 0.465 e. The van der Waals surface area contributed by atoms with Crippen LogP contribution in [0.15, 0.2) is 82.5 Å². The Balaban J connectivity index is 1.38. The third-order valence-electron chi connectivity index (χ3n) is 7.21. The van der Waals surface area contributed by atoms with Crippen molar-refractivity contribution in [3.05, 3.63) is 99.3 Å². The molecule has 1 spiro atoms. The maximum atomic E-state index is 14.2. The van der Waals surface area contributed by atoms with Gasteiger partial charge in [-0.3, -0.25) is 23.7 Å². The van der Waals surface area contributed by atoms with E-state index in [2.05, 4.69) is 10.1 Å². The van der Waals surface area contributed by atoms with E-state index in [0.29, 0.717) is 12.8 Å². The van der Waals surface area contributed by atoms with Crippen molar-refractivity contribution in [2.75, 3.05) is 13.2 Å². The highest BCUT2D eigenvalue weighted by molar-refractivity contribution is 7.52. The zero-order chi connectivity index (χ0) is 29.0. The van der Waals surface area contributed by atoms with E-state index >= 15 is 0 Å². The van der Waals surface area contributed by atoms with Crippen molar-refractivity contribution >= 4 is 13.7 Å². The molecule has 1 saturated carbocycles. The number of para-hydroxylation sites is 1. The Morgan fingerprint density at radius 3 is 2.46 bits per heavy atom. The number of carbonyl (C=O) groups is 1. The number of aromatic amines is 1. The molecule has 1 aromatic heterocycles. The van der Waals surface area contributed by atoms with E-state index in [4.69, 9.17) is 18.5 Å². The van der Waals surface area contributed by atoms with Gasteiger partial charge in [0.15, 0.2) is 0 Å². The van der Waals surface area contributed by atoms with Crippen LogP contribution in [0.25, 0.3) is 0 Å². The third kappa shape index (κ3) is 6.52. The zero-order valence-corrected chi connectivity index (χ0v) is 23.3. The summed E-state index contributed by atoms with van der Waals surface area (Å²) in [5, 5.41) is 13.9. The van der Waals surface area contributed by atoms with Gasteiger partial charge in [-0.15, -0.1) is 0 Å². The Hall–Kier alpha value is -3.54. The summed E-state index contributed by atoms with van der Waals surface area (Å²) in [7, 11) is -4.28. The number of aromatic nitrogens is 2. The van der Waals surface area contributed by atoms with E-state index in [1.54, 1.807) is 37.3 Å². The molecule has 1 aliphatic heterocycles. The lowest BCUT2D eigenvalue weighted by atomic mass is 9.96. The number of aliphatic hydroxyl groups is 1. The van der Waals surface area contributed by atoms with Gasteiger partial charge in [0.25, 0.3) is 5.56 Å². The molecule has 218 valence electrons. The molecule has 12 nitrogen and oxygen atoms in total. The Morgan fingerprint density at radius 2 is 1.83 bits per heavy atom. The van der Waals surface area contributed by atoms with Gasteiger partial charge in [0, 0.05) is 17.7 Å². The lowest BCUT2D eigenvalue weighted by Gasteiger charge is -2.26. The van der Waals surface area contributed by atoms with Crippen LogP contribution in [-0.4, -0.2) is 52.1 Å². The van der Waals surface area contributed by atoms with Crippen LogP contribution < -0.4 is 20.9 Å². The Bertz CT molecular complexity index is 1510. The van der Waals surface area contributed by atoms with Crippen LogP contribution in [-0.2, 0) is 29.8 Å². The van der Waals surface area contributed by atoms with E-state index < -0.39 is 54.9 Å². The maximum absolute atomic E-state index is 14.2. The van der Waals surface area contributed by atoms with Crippen LogP contribution >= 0.6 is 7.75 Å². The molecule has 5 rings (SSSR count). The summed E-state index contributed by atoms with van der Waals surface area (Å²) in [5.41, 5.74) is -1.18. The minimum absolute atomic E-state index is 0.117. The van der Waals surface area contributed by atoms with Crippen molar-refractivity contribution in [1.29, 1.82) is 0 Å². The van der Waals surface area contributed by atoms with Gasteiger partial charge in [-0.25, -0.2) is 9.36 Å². The normalized spacial score (nSPS) is 23.0. The molecule has 1 aliphatic carbocycles. The molecule has 3 aromatic rings. The fourth-order valence-electron chi connectivity index (χ4n) is 5.01. The predicted octanol–water partition coefficient (Wildman–Crippen LogP) is 2.54. The van der Waals surface area contributed by atoms with Crippen molar-refractivity contribution in [3.8, 4) is 5.75 Å². The molecule has 13 heteroatoms. The number of esters is 1. The zero-order valence-electron chi connectivity index (χ0n) is 22.4. The molecule has 2 fully saturated rings. The first-order valence-electron chi connectivity index (χ1n) is 13.4. The van der Waals surface area contributed by atoms with E-state index in [1.165, 1.54) is 16.8 Å². The smallest absolute Gasteiger partial charge is 0.459 e. The van der Waals surface area contributed by atoms with E-state index in [9.17, 15) is 24.1 Å². The van der Waals surface area contributed by atoms with Crippen molar-refractivity contribution in [1.82, 2.24) is 14.6 Å². The predicted molar refractivity (Wildman–Crippen MR) is 147 cm³/mol. The number of ether oxygens (including phenoxy) is 2. The van der Waals surface area contributed by atoms with E-state index in [1.807, 2.05) is 30.3 Å². The number of carbonyl (C=O) groups excluding carboxylic acids is 1. The summed E-state index contributed by atoms with van der Waals surface area (Å²) >= 11 is 0. The Morgan fingerprint density at radius 1 is 1.15 bits per heavy atom. The van der Waals surface area contributed by atoms with Crippen LogP contribution in [0.4, 0.5) is 0 Å². The molecule has 0 amide bonds. The van der Waals surface area contributed by atoms with Crippen molar-refractivity contribution < 1.29 is 33.0 Å². The van der Waals surface area contributed by atoms with Crippen LogP contribution in [0.3, 0.4) is 0 Å². The number of benzene rings is 2. The monoisotopic (exact) mass is 585 g/mol. The summed E-state index contributed by atoms with van der Waals surface area (Å²) in [6, 6.07) is 17.6. The molecule has 0 bridgehead atoms. The SMILES string of the molecule is CCOC(=O)[C@H](Cc1ccccc1)NP(=O)(OC[C@H]1O[C@@H](n2ccc(=O)[nH]c2=O)C2(CC2)[C@@H]1O)Oc1ccccc1. The lowest BCUT2D eigenvalue weighted by Crippen LogP contribution is -2.40. The number of H-pyrrole nitrogens is 1. The fraction of sp³-hybridized carbons (Fsp3) is 0.393. The number of rotatable bonds is 12. The van der Waals surface area contributed by atoms with Gasteiger partial charge in [0.05, 0.1) is 19.3 Å². The summed E-state index contributed by atoms with van der Waals surface area (Å²) in [6.07, 6.45) is -0.261. The molecule has 1 saturated heterocycles. The van der Waals surface area contributed by atoms with Crippen LogP contribution in [0.2, 0.25) is 0 Å². The topological polar surface area (TPSA) is 158 Å². The van der Waals surface area contributed by atoms with Gasteiger partial charge in [-0.05, 0) is 43.9 Å². The molecule has 2 aromatic carbocycles. The molecule has 2 heterocycles. The first-order valence-corrected chi connectivity index (χ1v) is 14.9. The summed E-state index contributed by atoms with van der Waals surface area (Å²) < 4.78 is 38.3. The summed E-state index contributed by atoms with van der Waals surface area (Å²) in [5.74, 6) is -0.404. The molecule has 2 aliphatic rings. The summed E-state index contributed by atoms with van der Waals surface area (Å²) in [6.45, 7) is 1.41. The van der Waals surface area contributed by atoms with Gasteiger partial charge in [0.2, 0.25) is 0 Å². The van der Waals surface area contributed by atoms with Crippen molar-refractivity contribution in [2.24, 2.45) is 5.41 Å². The van der Waals surface area contributed by atoms with Gasteiger partial charge >= 0.3 is 19.4 Å². The molecule has 0 radical (unpaired) electrons. The lowest BCUT2D eigenvalue weighted by molar-refractivity contribution is -0.145. The van der Waals surface area contributed by atoms with E-state index in [-0.39, 0.29) is 25.4 Å².